The molecule has 3 heterocycles. The SMILES string of the molecule is O=C(C=CC(=O)N1CCC(c2nc(-c3cccc(Br)c3)cs2)CC1)Nc1ccc2c(c1)OCO2. The Bertz CT molecular complexity index is 1250. The standard InChI is InChI=1S/C25H22BrN3O4S/c26-18-3-1-2-17(12-18)20-14-34-25(28-20)16-8-10-29(11-9-16)24(31)7-6-23(30)27-19-4-5-21-22(13-19)33-15-32-21/h1-7,12-14,16H,8-11,15H2,(H,27,30). The minimum absolute atomic E-state index is 0.159. The largest absolute Gasteiger partial charge is 0.454 e. The second kappa shape index (κ2) is 9.99. The lowest BCUT2D eigenvalue weighted by Gasteiger charge is -2.30. The Morgan fingerprint density at radius 1 is 1.09 bits per heavy atom. The van der Waals surface area contributed by atoms with Gasteiger partial charge in [-0.2, -0.15) is 0 Å². The molecule has 9 heteroatoms. The van der Waals surface area contributed by atoms with Crippen molar-refractivity contribution in [3.63, 3.8) is 0 Å². The van der Waals surface area contributed by atoms with Crippen LogP contribution in [-0.2, 0) is 9.59 Å². The maximum Gasteiger partial charge on any atom is 0.248 e. The van der Waals surface area contributed by atoms with Crippen molar-refractivity contribution in [3.05, 3.63) is 69.5 Å². The first kappa shape index (κ1) is 22.6. The number of halogens is 1. The van der Waals surface area contributed by atoms with Crippen LogP contribution in [0.4, 0.5) is 5.69 Å². The summed E-state index contributed by atoms with van der Waals surface area (Å²) in [5.41, 5.74) is 2.66. The van der Waals surface area contributed by atoms with E-state index in [0.717, 1.165) is 33.6 Å². The quantitative estimate of drug-likeness (QED) is 0.450. The van der Waals surface area contributed by atoms with E-state index < -0.39 is 0 Å². The monoisotopic (exact) mass is 539 g/mol. The minimum atomic E-state index is -0.370. The van der Waals surface area contributed by atoms with Crippen molar-refractivity contribution >= 4 is 44.8 Å². The number of likely N-dealkylation sites (tertiary alicyclic amines) is 1. The summed E-state index contributed by atoms with van der Waals surface area (Å²) in [4.78, 5) is 31.4. The van der Waals surface area contributed by atoms with Crippen LogP contribution in [0.2, 0.25) is 0 Å². The van der Waals surface area contributed by atoms with Crippen molar-refractivity contribution in [2.75, 3.05) is 25.2 Å². The van der Waals surface area contributed by atoms with Crippen LogP contribution < -0.4 is 14.8 Å². The van der Waals surface area contributed by atoms with Crippen LogP contribution in [0.15, 0.2) is 64.5 Å². The molecule has 0 bridgehead atoms. The molecule has 1 aromatic heterocycles. The number of carbonyl (C=O) groups excluding carboxylic acids is 2. The lowest BCUT2D eigenvalue weighted by molar-refractivity contribution is -0.127. The summed E-state index contributed by atoms with van der Waals surface area (Å²) in [5.74, 6) is 1.05. The Balaban J connectivity index is 1.12. The fourth-order valence-corrected chi connectivity index (χ4v) is 5.41. The van der Waals surface area contributed by atoms with Crippen molar-refractivity contribution in [2.24, 2.45) is 0 Å². The fourth-order valence-electron chi connectivity index (χ4n) is 4.01. The number of carbonyl (C=O) groups is 2. The summed E-state index contributed by atoms with van der Waals surface area (Å²) in [6.45, 7) is 1.46. The summed E-state index contributed by atoms with van der Waals surface area (Å²) < 4.78 is 11.6. The van der Waals surface area contributed by atoms with E-state index in [1.807, 2.05) is 12.1 Å². The van der Waals surface area contributed by atoms with Gasteiger partial charge in [0.15, 0.2) is 11.5 Å². The van der Waals surface area contributed by atoms with Crippen LogP contribution in [0.3, 0.4) is 0 Å². The Kier molecular flexibility index (Phi) is 6.64. The summed E-state index contributed by atoms with van der Waals surface area (Å²) in [7, 11) is 0. The van der Waals surface area contributed by atoms with Gasteiger partial charge in [0.25, 0.3) is 0 Å². The number of rotatable bonds is 5. The number of aromatic nitrogens is 1. The van der Waals surface area contributed by atoms with Gasteiger partial charge < -0.3 is 19.7 Å². The van der Waals surface area contributed by atoms with Crippen LogP contribution in [0.25, 0.3) is 11.3 Å². The molecule has 7 nitrogen and oxygen atoms in total. The first-order chi connectivity index (χ1) is 16.5. The van der Waals surface area contributed by atoms with E-state index in [4.69, 9.17) is 14.5 Å². The molecule has 2 aliphatic heterocycles. The van der Waals surface area contributed by atoms with Gasteiger partial charge in [0, 0.05) is 58.3 Å². The Morgan fingerprint density at radius 2 is 1.91 bits per heavy atom. The first-order valence-electron chi connectivity index (χ1n) is 10.9. The summed E-state index contributed by atoms with van der Waals surface area (Å²) in [6.07, 6.45) is 4.31. The number of thiazole rings is 1. The van der Waals surface area contributed by atoms with Gasteiger partial charge in [0.05, 0.1) is 10.7 Å². The number of benzene rings is 2. The van der Waals surface area contributed by atoms with Gasteiger partial charge in [0.1, 0.15) is 0 Å². The maximum absolute atomic E-state index is 12.6. The smallest absolute Gasteiger partial charge is 0.248 e. The fraction of sp³-hybridized carbons (Fsp3) is 0.240. The van der Waals surface area contributed by atoms with Crippen molar-refractivity contribution in [1.82, 2.24) is 9.88 Å². The topological polar surface area (TPSA) is 80.8 Å². The number of amides is 2. The van der Waals surface area contributed by atoms with Gasteiger partial charge in [-0.15, -0.1) is 11.3 Å². The Labute approximate surface area is 209 Å². The van der Waals surface area contributed by atoms with E-state index in [1.165, 1.54) is 12.2 Å². The number of nitrogens with one attached hydrogen (secondary N) is 1. The molecule has 2 amide bonds. The molecule has 2 aromatic carbocycles. The third kappa shape index (κ3) is 5.15. The third-order valence-corrected chi connectivity index (χ3v) is 7.32. The second-order valence-electron chi connectivity index (χ2n) is 8.07. The van der Waals surface area contributed by atoms with Crippen LogP contribution in [0.5, 0.6) is 11.5 Å². The average molecular weight is 540 g/mol. The highest BCUT2D eigenvalue weighted by atomic mass is 79.9. The molecule has 0 saturated carbocycles. The molecule has 0 aliphatic carbocycles. The summed E-state index contributed by atoms with van der Waals surface area (Å²) in [5, 5.41) is 5.94. The van der Waals surface area contributed by atoms with Crippen molar-refractivity contribution in [1.29, 1.82) is 0 Å². The molecule has 0 radical (unpaired) electrons. The Hall–Kier alpha value is -3.17. The summed E-state index contributed by atoms with van der Waals surface area (Å²) >= 11 is 5.18. The highest BCUT2D eigenvalue weighted by molar-refractivity contribution is 9.10. The number of ether oxygens (including phenoxy) is 2. The molecule has 1 N–H and O–H groups in total. The molecule has 3 aromatic rings. The molecular formula is C25H22BrN3O4S. The zero-order chi connectivity index (χ0) is 23.5. The predicted octanol–water partition coefficient (Wildman–Crippen LogP) is 5.20. The molecule has 1 saturated heterocycles. The highest BCUT2D eigenvalue weighted by Gasteiger charge is 2.25. The van der Waals surface area contributed by atoms with Crippen LogP contribution in [0, 0.1) is 0 Å². The molecular weight excluding hydrogens is 518 g/mol. The van der Waals surface area contributed by atoms with E-state index in [9.17, 15) is 9.59 Å². The van der Waals surface area contributed by atoms with Crippen molar-refractivity contribution in [2.45, 2.75) is 18.8 Å². The zero-order valence-electron chi connectivity index (χ0n) is 18.2. The van der Waals surface area contributed by atoms with Gasteiger partial charge in [-0.25, -0.2) is 4.98 Å². The maximum atomic E-state index is 12.6. The van der Waals surface area contributed by atoms with Gasteiger partial charge in [0.2, 0.25) is 18.6 Å². The van der Waals surface area contributed by atoms with Gasteiger partial charge >= 0.3 is 0 Å². The zero-order valence-corrected chi connectivity index (χ0v) is 20.6. The van der Waals surface area contributed by atoms with Gasteiger partial charge in [-0.3, -0.25) is 9.59 Å². The normalized spacial score (nSPS) is 15.6. The number of hydrogen-bond donors (Lipinski definition) is 1. The predicted molar refractivity (Wildman–Crippen MR) is 134 cm³/mol. The first-order valence-corrected chi connectivity index (χ1v) is 12.6. The number of fused-ring (bicyclic) bond motifs is 1. The molecule has 0 atom stereocenters. The molecule has 0 unspecified atom stereocenters. The van der Waals surface area contributed by atoms with E-state index in [1.54, 1.807) is 34.4 Å². The number of piperidine rings is 1. The minimum Gasteiger partial charge on any atom is -0.454 e. The number of anilines is 1. The lowest BCUT2D eigenvalue weighted by atomic mass is 9.97. The van der Waals surface area contributed by atoms with E-state index in [2.05, 4.69) is 38.8 Å². The van der Waals surface area contributed by atoms with Crippen molar-refractivity contribution < 1.29 is 19.1 Å². The number of hydrogen-bond acceptors (Lipinski definition) is 6. The van der Waals surface area contributed by atoms with Crippen LogP contribution in [-0.4, -0.2) is 41.6 Å². The molecule has 0 spiro atoms. The van der Waals surface area contributed by atoms with E-state index in [-0.39, 0.29) is 18.6 Å². The molecule has 174 valence electrons. The molecule has 5 rings (SSSR count). The molecule has 34 heavy (non-hydrogen) atoms. The highest BCUT2D eigenvalue weighted by Crippen LogP contribution is 2.35. The van der Waals surface area contributed by atoms with E-state index in [0.29, 0.717) is 36.2 Å². The van der Waals surface area contributed by atoms with Crippen LogP contribution in [0.1, 0.15) is 23.8 Å². The van der Waals surface area contributed by atoms with Crippen molar-refractivity contribution in [3.8, 4) is 22.8 Å². The third-order valence-electron chi connectivity index (χ3n) is 5.82. The molecule has 1 fully saturated rings. The van der Waals surface area contributed by atoms with E-state index >= 15 is 0 Å². The second-order valence-corrected chi connectivity index (χ2v) is 9.88. The van der Waals surface area contributed by atoms with Gasteiger partial charge in [-0.1, -0.05) is 28.1 Å². The lowest BCUT2D eigenvalue weighted by Crippen LogP contribution is -2.37. The summed E-state index contributed by atoms with van der Waals surface area (Å²) in [6, 6.07) is 13.3. The number of nitrogens with zero attached hydrogens (tertiary/aromatic N) is 2. The Morgan fingerprint density at radius 3 is 2.74 bits per heavy atom. The van der Waals surface area contributed by atoms with Crippen LogP contribution >= 0.6 is 27.3 Å². The molecule has 2 aliphatic rings. The van der Waals surface area contributed by atoms with Gasteiger partial charge in [-0.05, 0) is 37.1 Å². The average Bonchev–Trinajstić information content (AvgIpc) is 3.52.